The Labute approximate surface area is 168 Å². The van der Waals surface area contributed by atoms with E-state index in [1.54, 1.807) is 23.1 Å². The van der Waals surface area contributed by atoms with Crippen molar-refractivity contribution in [2.75, 3.05) is 5.32 Å². The summed E-state index contributed by atoms with van der Waals surface area (Å²) in [5.74, 6) is 0.657. The molecule has 0 unspecified atom stereocenters. The van der Waals surface area contributed by atoms with Gasteiger partial charge in [0, 0.05) is 59.4 Å². The third kappa shape index (κ3) is 3.67. The lowest BCUT2D eigenvalue weighted by atomic mass is 10.1. The summed E-state index contributed by atoms with van der Waals surface area (Å²) in [6.07, 6.45) is 10.0. The molecule has 0 spiro atoms. The molecule has 0 saturated heterocycles. The van der Waals surface area contributed by atoms with Crippen LogP contribution in [-0.4, -0.2) is 35.6 Å². The predicted octanol–water partition coefficient (Wildman–Crippen LogP) is 3.78. The number of anilines is 1. The molecule has 0 aliphatic heterocycles. The van der Waals surface area contributed by atoms with Crippen molar-refractivity contribution < 1.29 is 0 Å². The van der Waals surface area contributed by atoms with Crippen LogP contribution < -0.4 is 5.32 Å². The lowest BCUT2D eigenvalue weighted by Gasteiger charge is -2.15. The average molecular weight is 386 g/mol. The minimum Gasteiger partial charge on any atom is -0.382 e. The number of pyridine rings is 2. The normalized spacial score (nSPS) is 11.1. The van der Waals surface area contributed by atoms with E-state index in [0.29, 0.717) is 17.0 Å². The summed E-state index contributed by atoms with van der Waals surface area (Å²) in [6, 6.07) is 6.10. The third-order valence-electron chi connectivity index (χ3n) is 4.48. The van der Waals surface area contributed by atoms with Gasteiger partial charge in [-0.2, -0.15) is 20.1 Å². The average Bonchev–Trinajstić information content (AvgIpc) is 3.34. The number of aryl methyl sites for hydroxylation is 1. The molecule has 4 aromatic rings. The van der Waals surface area contributed by atoms with Crippen LogP contribution in [0.2, 0.25) is 0 Å². The summed E-state index contributed by atoms with van der Waals surface area (Å²) >= 11 is 0. The fraction of sp³-hybridized carbons (Fsp3) is 0.286. The first kappa shape index (κ1) is 18.6. The molecule has 4 aromatic heterocycles. The second-order valence-corrected chi connectivity index (χ2v) is 7.18. The third-order valence-corrected chi connectivity index (χ3v) is 4.48. The molecule has 0 aliphatic carbocycles. The van der Waals surface area contributed by atoms with E-state index in [1.165, 1.54) is 0 Å². The van der Waals surface area contributed by atoms with Crippen molar-refractivity contribution in [3.8, 4) is 23.0 Å². The first-order chi connectivity index (χ1) is 14.1. The zero-order valence-electron chi connectivity index (χ0n) is 16.7. The number of fused-ring (bicyclic) bond motifs is 1. The maximum atomic E-state index is 9.07. The van der Waals surface area contributed by atoms with Gasteiger partial charge in [0.15, 0.2) is 11.5 Å². The molecule has 8 heteroatoms. The monoisotopic (exact) mass is 386 g/mol. The fourth-order valence-corrected chi connectivity index (χ4v) is 3.22. The van der Waals surface area contributed by atoms with Gasteiger partial charge in [-0.05, 0) is 26.3 Å². The van der Waals surface area contributed by atoms with Crippen LogP contribution in [0.25, 0.3) is 28.0 Å². The molecule has 4 rings (SSSR count). The maximum absolute atomic E-state index is 9.07. The minimum absolute atomic E-state index is 0.250. The van der Waals surface area contributed by atoms with Gasteiger partial charge in [0.25, 0.3) is 0 Å². The quantitative estimate of drug-likeness (QED) is 0.542. The number of hydrogen-bond acceptors (Lipinski definition) is 6. The molecule has 0 saturated carbocycles. The van der Waals surface area contributed by atoms with Crippen molar-refractivity contribution in [1.29, 1.82) is 5.26 Å². The molecule has 0 aromatic carbocycles. The highest BCUT2D eigenvalue weighted by Gasteiger charge is 2.14. The summed E-state index contributed by atoms with van der Waals surface area (Å²) in [7, 11) is 0. The topological polar surface area (TPSA) is 97.2 Å². The van der Waals surface area contributed by atoms with Gasteiger partial charge >= 0.3 is 0 Å². The summed E-state index contributed by atoms with van der Waals surface area (Å²) in [5.41, 5.74) is 4.13. The number of nitrogens with one attached hydrogen (secondary N) is 1. The van der Waals surface area contributed by atoms with Crippen molar-refractivity contribution in [3.63, 3.8) is 0 Å². The Morgan fingerprint density at radius 2 is 1.97 bits per heavy atom. The molecule has 8 nitrogen and oxygen atoms in total. The van der Waals surface area contributed by atoms with Crippen LogP contribution in [0.15, 0.2) is 43.1 Å². The van der Waals surface area contributed by atoms with Gasteiger partial charge in [-0.3, -0.25) is 4.68 Å². The Hall–Kier alpha value is -3.73. The summed E-state index contributed by atoms with van der Waals surface area (Å²) in [6.45, 7) is 7.21. The van der Waals surface area contributed by atoms with Crippen molar-refractivity contribution in [3.05, 3.63) is 48.7 Å². The van der Waals surface area contributed by atoms with Gasteiger partial charge < -0.3 is 5.32 Å². The number of aromatic nitrogens is 6. The lowest BCUT2D eigenvalue weighted by molar-refractivity contribution is 0.603. The van der Waals surface area contributed by atoms with Crippen LogP contribution in [0.1, 0.15) is 32.8 Å². The second-order valence-electron chi connectivity index (χ2n) is 7.18. The van der Waals surface area contributed by atoms with Crippen LogP contribution >= 0.6 is 0 Å². The highest BCUT2D eigenvalue weighted by Crippen LogP contribution is 2.30. The largest absolute Gasteiger partial charge is 0.382 e. The Morgan fingerprint density at radius 1 is 1.10 bits per heavy atom. The molecule has 0 radical (unpaired) electrons. The van der Waals surface area contributed by atoms with Crippen LogP contribution in [-0.2, 0) is 6.54 Å². The van der Waals surface area contributed by atoms with E-state index in [2.05, 4.69) is 52.3 Å². The van der Waals surface area contributed by atoms with E-state index in [0.717, 1.165) is 35.2 Å². The first-order valence-electron chi connectivity index (χ1n) is 9.62. The lowest BCUT2D eigenvalue weighted by Crippen LogP contribution is -2.12. The standard InChI is InChI=1S/C21H22N8/c1-4-5-28-13-17(11-25-28)18-12-23-20(7-19(18)27-14(2)3)29-21-16(10-26-29)6-15(8-22)9-24-21/h6-7,9-14H,4-5H2,1-3H3,(H,23,27). The van der Waals surface area contributed by atoms with Gasteiger partial charge in [0.1, 0.15) is 6.07 Å². The zero-order valence-corrected chi connectivity index (χ0v) is 16.7. The minimum atomic E-state index is 0.250. The van der Waals surface area contributed by atoms with Gasteiger partial charge in [-0.25, -0.2) is 9.97 Å². The first-order valence-corrected chi connectivity index (χ1v) is 9.62. The fourth-order valence-electron chi connectivity index (χ4n) is 3.22. The van der Waals surface area contributed by atoms with Crippen molar-refractivity contribution in [2.24, 2.45) is 0 Å². The van der Waals surface area contributed by atoms with Crippen LogP contribution in [0, 0.1) is 11.3 Å². The maximum Gasteiger partial charge on any atom is 0.164 e. The van der Waals surface area contributed by atoms with Crippen LogP contribution in [0.4, 0.5) is 5.69 Å². The smallest absolute Gasteiger partial charge is 0.164 e. The molecule has 0 aliphatic rings. The Balaban J connectivity index is 1.79. The number of nitrogens with zero attached hydrogens (tertiary/aromatic N) is 7. The van der Waals surface area contributed by atoms with Gasteiger partial charge in [0.2, 0.25) is 0 Å². The molecule has 0 amide bonds. The van der Waals surface area contributed by atoms with Crippen molar-refractivity contribution in [2.45, 2.75) is 39.8 Å². The van der Waals surface area contributed by atoms with E-state index in [-0.39, 0.29) is 6.04 Å². The Bertz CT molecular complexity index is 1200. The molecular weight excluding hydrogens is 364 g/mol. The highest BCUT2D eigenvalue weighted by molar-refractivity contribution is 5.80. The van der Waals surface area contributed by atoms with Gasteiger partial charge in [-0.15, -0.1) is 0 Å². The number of rotatable bonds is 6. The summed E-state index contributed by atoms with van der Waals surface area (Å²) in [5, 5.41) is 22.2. The van der Waals surface area contributed by atoms with E-state index >= 15 is 0 Å². The van der Waals surface area contributed by atoms with E-state index in [4.69, 9.17) is 5.26 Å². The van der Waals surface area contributed by atoms with Crippen molar-refractivity contribution in [1.82, 2.24) is 29.5 Å². The van der Waals surface area contributed by atoms with Crippen LogP contribution in [0.3, 0.4) is 0 Å². The molecule has 29 heavy (non-hydrogen) atoms. The molecule has 0 bridgehead atoms. The van der Waals surface area contributed by atoms with Crippen molar-refractivity contribution >= 4 is 16.7 Å². The SMILES string of the molecule is CCCn1cc(-c2cnc(-n3ncc4cc(C#N)cnc43)cc2NC(C)C)cn1. The summed E-state index contributed by atoms with van der Waals surface area (Å²) in [4.78, 5) is 9.02. The number of hydrogen-bond donors (Lipinski definition) is 1. The van der Waals surface area contributed by atoms with Gasteiger partial charge in [-0.1, -0.05) is 6.92 Å². The summed E-state index contributed by atoms with van der Waals surface area (Å²) < 4.78 is 3.63. The van der Waals surface area contributed by atoms with E-state index < -0.39 is 0 Å². The Morgan fingerprint density at radius 3 is 2.72 bits per heavy atom. The molecule has 0 atom stereocenters. The molecular formula is C21H22N8. The van der Waals surface area contributed by atoms with E-state index in [9.17, 15) is 0 Å². The molecule has 4 heterocycles. The van der Waals surface area contributed by atoms with Gasteiger partial charge in [0.05, 0.1) is 18.0 Å². The second kappa shape index (κ2) is 7.72. The van der Waals surface area contributed by atoms with E-state index in [1.807, 2.05) is 29.3 Å². The Kier molecular flexibility index (Phi) is 4.96. The van der Waals surface area contributed by atoms with Crippen LogP contribution in [0.5, 0.6) is 0 Å². The number of nitriles is 1. The molecule has 146 valence electrons. The predicted molar refractivity (Wildman–Crippen MR) is 112 cm³/mol. The molecule has 0 fully saturated rings. The highest BCUT2D eigenvalue weighted by atomic mass is 15.3. The molecule has 1 N–H and O–H groups in total. The zero-order chi connectivity index (χ0) is 20.4.